The number of hydrogen-bond donors (Lipinski definition) is 2. The minimum atomic E-state index is -0.597. The first kappa shape index (κ1) is 20.4. The molecule has 0 bridgehead atoms. The standard InChI is InChI=1S/C10H11NO2.C10H12O2.BrH/c1-11-10-7-4-2-3-5-9(7)13-6-8(10)12;1-7-8-4-2-3-5-10(8)12-6-9(7)11;/h2-5,8,12H,6H2,1H3;2-5,7,9,11H,6H2,1H3;1H/t;7-,9+;/m.0./s1. The molecule has 2 aliphatic heterocycles. The lowest BCUT2D eigenvalue weighted by atomic mass is 9.93. The second-order valence-corrected chi connectivity index (χ2v) is 6.14. The maximum absolute atomic E-state index is 9.56. The molecule has 2 heterocycles. The number of nitrogens with zero attached hydrogens (tertiary/aromatic N) is 1. The second kappa shape index (κ2) is 9.16. The first-order valence-electron chi connectivity index (χ1n) is 8.38. The Bertz CT molecular complexity index is 765. The van der Waals surface area contributed by atoms with Gasteiger partial charge in [-0.3, -0.25) is 4.99 Å². The van der Waals surface area contributed by atoms with E-state index in [0.29, 0.717) is 18.9 Å². The molecule has 0 amide bonds. The lowest BCUT2D eigenvalue weighted by Crippen LogP contribution is -2.33. The summed E-state index contributed by atoms with van der Waals surface area (Å²) in [5, 5.41) is 19.1. The van der Waals surface area contributed by atoms with E-state index in [1.54, 1.807) is 7.05 Å². The fourth-order valence-electron chi connectivity index (χ4n) is 3.02. The predicted octanol–water partition coefficient (Wildman–Crippen LogP) is 2.98. The van der Waals surface area contributed by atoms with Gasteiger partial charge in [0.1, 0.15) is 30.8 Å². The summed E-state index contributed by atoms with van der Waals surface area (Å²) in [5.74, 6) is 1.90. The van der Waals surface area contributed by atoms with E-state index in [1.807, 2.05) is 55.5 Å². The van der Waals surface area contributed by atoms with E-state index in [0.717, 1.165) is 22.6 Å². The molecule has 6 heteroatoms. The van der Waals surface area contributed by atoms with E-state index in [-0.39, 0.29) is 29.0 Å². The maximum Gasteiger partial charge on any atom is 0.130 e. The number of rotatable bonds is 0. The lowest BCUT2D eigenvalue weighted by Gasteiger charge is -2.27. The topological polar surface area (TPSA) is 71.3 Å². The minimum Gasteiger partial charge on any atom is -0.491 e. The Kier molecular flexibility index (Phi) is 7.20. The normalized spacial score (nSPS) is 24.6. The number of benzene rings is 2. The zero-order valence-corrected chi connectivity index (χ0v) is 16.5. The summed E-state index contributed by atoms with van der Waals surface area (Å²) in [6, 6.07) is 15.5. The molecule has 2 aliphatic rings. The van der Waals surface area contributed by atoms with Crippen LogP contribution in [-0.2, 0) is 0 Å². The van der Waals surface area contributed by atoms with Crippen molar-refractivity contribution in [2.45, 2.75) is 25.0 Å². The van der Waals surface area contributed by atoms with E-state index in [1.165, 1.54) is 0 Å². The first-order chi connectivity index (χ1) is 12.1. The average Bonchev–Trinajstić information content (AvgIpc) is 2.65. The Morgan fingerprint density at radius 3 is 2.27 bits per heavy atom. The summed E-state index contributed by atoms with van der Waals surface area (Å²) >= 11 is 0. The highest BCUT2D eigenvalue weighted by Crippen LogP contribution is 2.32. The number of aliphatic imine (C=N–C) groups is 1. The molecule has 4 rings (SSSR count). The third-order valence-electron chi connectivity index (χ3n) is 4.51. The van der Waals surface area contributed by atoms with Crippen LogP contribution in [0.2, 0.25) is 0 Å². The summed E-state index contributed by atoms with van der Waals surface area (Å²) < 4.78 is 10.7. The number of aliphatic hydroxyl groups excluding tert-OH is 2. The Labute approximate surface area is 164 Å². The third-order valence-corrected chi connectivity index (χ3v) is 4.51. The number of halogens is 1. The zero-order chi connectivity index (χ0) is 17.8. The predicted molar refractivity (Wildman–Crippen MR) is 107 cm³/mol. The lowest BCUT2D eigenvalue weighted by molar-refractivity contribution is 0.0714. The SMILES string of the molecule is Br.CN=C1c2ccccc2OCC1O.C[C@H]1c2ccccc2OC[C@H]1O. The highest BCUT2D eigenvalue weighted by atomic mass is 79.9. The van der Waals surface area contributed by atoms with Gasteiger partial charge in [-0.05, 0) is 23.8 Å². The van der Waals surface area contributed by atoms with E-state index in [4.69, 9.17) is 9.47 Å². The highest BCUT2D eigenvalue weighted by molar-refractivity contribution is 8.93. The Morgan fingerprint density at radius 1 is 0.923 bits per heavy atom. The van der Waals surface area contributed by atoms with Crippen LogP contribution in [0.25, 0.3) is 0 Å². The van der Waals surface area contributed by atoms with Crippen LogP contribution in [0.15, 0.2) is 53.5 Å². The van der Waals surface area contributed by atoms with Crippen LogP contribution in [0.5, 0.6) is 11.5 Å². The molecule has 0 spiro atoms. The number of para-hydroxylation sites is 2. The Balaban J connectivity index is 0.000000180. The molecule has 0 radical (unpaired) electrons. The van der Waals surface area contributed by atoms with Crippen LogP contribution in [0.4, 0.5) is 0 Å². The van der Waals surface area contributed by atoms with Gasteiger partial charge in [-0.25, -0.2) is 0 Å². The van der Waals surface area contributed by atoms with Gasteiger partial charge >= 0.3 is 0 Å². The summed E-state index contributed by atoms with van der Waals surface area (Å²) in [4.78, 5) is 4.06. The van der Waals surface area contributed by atoms with Gasteiger partial charge < -0.3 is 19.7 Å². The van der Waals surface area contributed by atoms with Gasteiger partial charge in [0.25, 0.3) is 0 Å². The Hall–Kier alpha value is -1.89. The Morgan fingerprint density at radius 2 is 1.54 bits per heavy atom. The van der Waals surface area contributed by atoms with Crippen molar-refractivity contribution in [3.05, 3.63) is 59.7 Å². The van der Waals surface area contributed by atoms with Crippen molar-refractivity contribution in [1.29, 1.82) is 0 Å². The number of hydrogen-bond acceptors (Lipinski definition) is 5. The summed E-state index contributed by atoms with van der Waals surface area (Å²) in [6.07, 6.45) is -0.959. The van der Waals surface area contributed by atoms with Crippen molar-refractivity contribution in [1.82, 2.24) is 0 Å². The molecule has 5 nitrogen and oxygen atoms in total. The largest absolute Gasteiger partial charge is 0.491 e. The summed E-state index contributed by atoms with van der Waals surface area (Å²) in [7, 11) is 1.68. The molecule has 140 valence electrons. The smallest absolute Gasteiger partial charge is 0.130 e. The molecule has 3 atom stereocenters. The molecular weight excluding hydrogens is 398 g/mol. The molecule has 0 aromatic heterocycles. The molecule has 0 saturated heterocycles. The average molecular weight is 422 g/mol. The molecule has 2 aromatic rings. The van der Waals surface area contributed by atoms with Crippen molar-refractivity contribution in [2.24, 2.45) is 4.99 Å². The van der Waals surface area contributed by atoms with E-state index < -0.39 is 6.10 Å². The van der Waals surface area contributed by atoms with Gasteiger partial charge in [-0.2, -0.15) is 0 Å². The van der Waals surface area contributed by atoms with E-state index in [9.17, 15) is 10.2 Å². The van der Waals surface area contributed by atoms with Crippen LogP contribution in [0, 0.1) is 0 Å². The van der Waals surface area contributed by atoms with E-state index in [2.05, 4.69) is 4.99 Å². The fourth-order valence-corrected chi connectivity index (χ4v) is 3.02. The van der Waals surface area contributed by atoms with Crippen LogP contribution < -0.4 is 9.47 Å². The molecule has 0 aliphatic carbocycles. The van der Waals surface area contributed by atoms with Crippen molar-refractivity contribution in [3.63, 3.8) is 0 Å². The number of fused-ring (bicyclic) bond motifs is 2. The minimum absolute atomic E-state index is 0. The number of aliphatic hydroxyl groups is 2. The van der Waals surface area contributed by atoms with Gasteiger partial charge in [-0.15, -0.1) is 17.0 Å². The molecule has 2 N–H and O–H groups in total. The first-order valence-corrected chi connectivity index (χ1v) is 8.38. The molecular formula is C20H24BrNO4. The second-order valence-electron chi connectivity index (χ2n) is 6.14. The van der Waals surface area contributed by atoms with Gasteiger partial charge in [0.2, 0.25) is 0 Å². The summed E-state index contributed by atoms with van der Waals surface area (Å²) in [5.41, 5.74) is 2.71. The fraction of sp³-hybridized carbons (Fsp3) is 0.350. The van der Waals surface area contributed by atoms with Crippen LogP contribution >= 0.6 is 17.0 Å². The third kappa shape index (κ3) is 4.26. The molecule has 2 aromatic carbocycles. The van der Waals surface area contributed by atoms with Crippen molar-refractivity contribution in [2.75, 3.05) is 20.3 Å². The van der Waals surface area contributed by atoms with Gasteiger partial charge in [0.05, 0.1) is 11.8 Å². The number of ether oxygens (including phenoxy) is 2. The van der Waals surface area contributed by atoms with Gasteiger partial charge in [0.15, 0.2) is 0 Å². The molecule has 1 unspecified atom stereocenters. The van der Waals surface area contributed by atoms with Crippen LogP contribution in [-0.4, -0.2) is 48.4 Å². The quantitative estimate of drug-likeness (QED) is 0.685. The highest BCUT2D eigenvalue weighted by Gasteiger charge is 2.25. The van der Waals surface area contributed by atoms with Crippen LogP contribution in [0.1, 0.15) is 24.0 Å². The van der Waals surface area contributed by atoms with Crippen molar-refractivity contribution in [3.8, 4) is 11.5 Å². The van der Waals surface area contributed by atoms with Crippen molar-refractivity contribution < 1.29 is 19.7 Å². The molecule has 26 heavy (non-hydrogen) atoms. The van der Waals surface area contributed by atoms with Gasteiger partial charge in [0, 0.05) is 18.5 Å². The molecule has 0 saturated carbocycles. The maximum atomic E-state index is 9.56. The summed E-state index contributed by atoms with van der Waals surface area (Å²) in [6.45, 7) is 2.73. The van der Waals surface area contributed by atoms with Crippen LogP contribution in [0.3, 0.4) is 0 Å². The van der Waals surface area contributed by atoms with Crippen molar-refractivity contribution >= 4 is 22.7 Å². The monoisotopic (exact) mass is 421 g/mol. The van der Waals surface area contributed by atoms with E-state index >= 15 is 0 Å². The van der Waals surface area contributed by atoms with Gasteiger partial charge in [-0.1, -0.05) is 37.3 Å². The molecule has 0 fully saturated rings. The zero-order valence-electron chi connectivity index (χ0n) is 14.8.